The molecule has 0 aliphatic heterocycles. The maximum Gasteiger partial charge on any atom is 0.300 e. The number of hydrogen-bond acceptors (Lipinski definition) is 14. The van der Waals surface area contributed by atoms with Gasteiger partial charge in [-0.05, 0) is 51.9 Å². The molecule has 0 fully saturated rings. The average molecular weight is 847 g/mol. The molecule has 0 bridgehead atoms. The molecule has 0 spiro atoms. The Morgan fingerprint density at radius 2 is 0.796 bits per heavy atom. The van der Waals surface area contributed by atoms with Crippen molar-refractivity contribution in [1.82, 2.24) is 10.6 Å². The van der Waals surface area contributed by atoms with Crippen molar-refractivity contribution in [3.8, 4) is 11.5 Å². The van der Waals surface area contributed by atoms with E-state index in [2.05, 4.69) is 10.6 Å². The molecule has 0 aliphatic rings. The normalized spacial score (nSPS) is 8.16. The summed E-state index contributed by atoms with van der Waals surface area (Å²) < 4.78 is 0. The van der Waals surface area contributed by atoms with Crippen molar-refractivity contribution < 1.29 is 120 Å². The summed E-state index contributed by atoms with van der Waals surface area (Å²) in [5.74, 6) is -1.03. The number of para-hydroxylation sites is 2. The van der Waals surface area contributed by atoms with Gasteiger partial charge in [0.05, 0.1) is 0 Å². The van der Waals surface area contributed by atoms with E-state index >= 15 is 0 Å². The van der Waals surface area contributed by atoms with Crippen molar-refractivity contribution in [2.24, 2.45) is 0 Å². The first-order valence-corrected chi connectivity index (χ1v) is 13.8. The van der Waals surface area contributed by atoms with Gasteiger partial charge in [0.15, 0.2) is 0 Å². The number of aromatic hydroxyl groups is 2. The van der Waals surface area contributed by atoms with Crippen molar-refractivity contribution >= 4 is 11.9 Å². The Balaban J connectivity index is -0.0000000589. The summed E-state index contributed by atoms with van der Waals surface area (Å²) in [4.78, 5) is 18.0. The quantitative estimate of drug-likeness (QED) is 0.0834. The van der Waals surface area contributed by atoms with E-state index in [9.17, 15) is 10.2 Å². The van der Waals surface area contributed by atoms with Crippen molar-refractivity contribution in [2.45, 2.75) is 66.2 Å². The van der Waals surface area contributed by atoms with Crippen LogP contribution in [0, 0.1) is 0 Å². The molecule has 14 N–H and O–H groups in total. The number of benzene rings is 2. The zero-order valence-electron chi connectivity index (χ0n) is 28.6. The molecule has 16 nitrogen and oxygen atoms in total. The monoisotopic (exact) mass is 844 g/mol. The second-order valence-corrected chi connectivity index (χ2v) is 8.07. The molecular formula is C30H58N2Ni3O14. The van der Waals surface area contributed by atoms with Crippen LogP contribution in [0.4, 0.5) is 0 Å². The van der Waals surface area contributed by atoms with Crippen LogP contribution in [0.3, 0.4) is 0 Å². The van der Waals surface area contributed by atoms with Gasteiger partial charge in [0.25, 0.3) is 11.9 Å². The van der Waals surface area contributed by atoms with E-state index in [1.165, 1.54) is 13.8 Å². The summed E-state index contributed by atoms with van der Waals surface area (Å²) in [5, 5.41) is 101. The Labute approximate surface area is 319 Å². The number of aliphatic hydroxyl groups is 8. The molecule has 0 saturated heterocycles. The number of nitrogens with one attached hydrogen (secondary N) is 2. The van der Waals surface area contributed by atoms with Crippen molar-refractivity contribution in [1.29, 1.82) is 0 Å². The molecule has 0 heterocycles. The summed E-state index contributed by atoms with van der Waals surface area (Å²) in [7, 11) is 2.00. The molecule has 0 unspecified atom stereocenters. The van der Waals surface area contributed by atoms with Gasteiger partial charge < -0.3 is 71.9 Å². The van der Waals surface area contributed by atoms with Crippen LogP contribution in [0.2, 0.25) is 0 Å². The van der Waals surface area contributed by atoms with Crippen LogP contribution >= 0.6 is 0 Å². The fourth-order valence-electron chi connectivity index (χ4n) is 2.17. The van der Waals surface area contributed by atoms with E-state index < -0.39 is 24.5 Å². The van der Waals surface area contributed by atoms with Crippen LogP contribution in [-0.4, -0.2) is 126 Å². The van der Waals surface area contributed by atoms with Crippen LogP contribution in [-0.2, 0) is 72.2 Å². The van der Waals surface area contributed by atoms with Crippen molar-refractivity contribution in [3.63, 3.8) is 0 Å². The van der Waals surface area contributed by atoms with Gasteiger partial charge in [-0.1, -0.05) is 36.4 Å². The topological polar surface area (TPSA) is 301 Å². The van der Waals surface area contributed by atoms with Gasteiger partial charge in [0, 0.05) is 115 Å². The maximum absolute atomic E-state index is 9.38. The second kappa shape index (κ2) is 58.3. The summed E-state index contributed by atoms with van der Waals surface area (Å²) in [6.07, 6.45) is -0.846. The van der Waals surface area contributed by atoms with Gasteiger partial charge in [-0.3, -0.25) is 9.59 Å². The largest absolute Gasteiger partial charge is 0.508 e. The van der Waals surface area contributed by atoms with Crippen LogP contribution in [0.1, 0.15) is 51.7 Å². The molecule has 0 aliphatic carbocycles. The predicted molar refractivity (Wildman–Crippen MR) is 174 cm³/mol. The number of phenolic OH excluding ortho intramolecular Hbond substituents is 2. The Hall–Kier alpha value is -1.94. The van der Waals surface area contributed by atoms with Crippen LogP contribution < -0.4 is 10.6 Å². The Morgan fingerprint density at radius 3 is 0.980 bits per heavy atom. The molecule has 2 rings (SSSR count). The third kappa shape index (κ3) is 87.0. The molecule has 0 aromatic heterocycles. The maximum atomic E-state index is 9.38. The first-order valence-electron chi connectivity index (χ1n) is 13.8. The van der Waals surface area contributed by atoms with Crippen LogP contribution in [0.5, 0.6) is 11.5 Å². The number of phenols is 2. The number of aliphatic carboxylic acids is 2. The van der Waals surface area contributed by atoms with Crippen LogP contribution in [0.25, 0.3) is 0 Å². The van der Waals surface area contributed by atoms with Crippen LogP contribution in [0.15, 0.2) is 48.5 Å². The molecule has 0 radical (unpaired) electrons. The minimum atomic E-state index is -1.17. The molecule has 0 saturated carbocycles. The number of hydrogen-bond donors (Lipinski definition) is 14. The summed E-state index contributed by atoms with van der Waals surface area (Å²) >= 11 is 0. The summed E-state index contributed by atoms with van der Waals surface area (Å²) in [5.41, 5.74) is 1.78. The molecule has 2 aromatic rings. The van der Waals surface area contributed by atoms with E-state index in [1.807, 2.05) is 24.3 Å². The zero-order chi connectivity index (χ0) is 37.3. The number of rotatable bonds is 10. The molecular weight excluding hydrogens is 788 g/mol. The number of carboxylic acid groups (broad SMARTS) is 2. The molecule has 49 heavy (non-hydrogen) atoms. The van der Waals surface area contributed by atoms with Gasteiger partial charge in [-0.25, -0.2) is 0 Å². The zero-order valence-corrected chi connectivity index (χ0v) is 31.5. The molecule has 0 atom stereocenters. The number of carbonyl (C=O) groups is 2. The predicted octanol–water partition coefficient (Wildman–Crippen LogP) is -0.246. The fraction of sp³-hybridized carbons (Fsp3) is 0.533. The number of carboxylic acids is 2. The minimum absolute atomic E-state index is 0. The van der Waals surface area contributed by atoms with Gasteiger partial charge in [-0.15, -0.1) is 0 Å². The molecule has 19 heteroatoms. The third-order valence-electron chi connectivity index (χ3n) is 3.64. The Morgan fingerprint density at radius 1 is 0.592 bits per heavy atom. The van der Waals surface area contributed by atoms with Crippen molar-refractivity contribution in [2.75, 3.05) is 40.5 Å². The van der Waals surface area contributed by atoms with Gasteiger partial charge >= 0.3 is 0 Å². The van der Waals surface area contributed by atoms with E-state index in [1.54, 1.807) is 24.3 Å². The molecule has 0 amide bonds. The molecule has 2 aromatic carbocycles. The third-order valence-corrected chi connectivity index (χ3v) is 3.64. The van der Waals surface area contributed by atoms with E-state index in [-0.39, 0.29) is 62.7 Å². The first-order chi connectivity index (χ1) is 21.6. The van der Waals surface area contributed by atoms with Crippen molar-refractivity contribution in [3.05, 3.63) is 59.7 Å². The summed E-state index contributed by atoms with van der Waals surface area (Å²) in [6, 6.07) is 14.5. The SMILES string of the molecule is CC(=O)O.CC(=O)O.CC(O)O.CC(O)O.CO.CO.OCCCNCc1ccccc1O.OCCCNCc1ccccc1O.[Ni].[Ni].[Ni]. The van der Waals surface area contributed by atoms with Gasteiger partial charge in [0.2, 0.25) is 0 Å². The first kappa shape index (κ1) is 68.9. The number of aliphatic hydroxyl groups excluding tert-OH is 6. The second-order valence-electron chi connectivity index (χ2n) is 8.07. The van der Waals surface area contributed by atoms with E-state index in [0.29, 0.717) is 24.6 Å². The molecule has 302 valence electrons. The Bertz CT molecular complexity index is 819. The summed E-state index contributed by atoms with van der Waals surface area (Å²) in [6.45, 7) is 7.95. The fourth-order valence-corrected chi connectivity index (χ4v) is 2.17. The Kier molecular flexibility index (Phi) is 82.0. The minimum Gasteiger partial charge on any atom is -0.508 e. The van der Waals surface area contributed by atoms with Gasteiger partial charge in [0.1, 0.15) is 24.1 Å². The van der Waals surface area contributed by atoms with Gasteiger partial charge in [-0.2, -0.15) is 0 Å². The average Bonchev–Trinajstić information content (AvgIpc) is 2.97. The van der Waals surface area contributed by atoms with E-state index in [0.717, 1.165) is 65.1 Å². The smallest absolute Gasteiger partial charge is 0.300 e. The van der Waals surface area contributed by atoms with E-state index in [4.69, 9.17) is 60.7 Å². The standard InChI is InChI=1S/2C10H15NO2.2C2H6O2.2C2H4O2.2CH4O.3Ni/c2*12-7-3-6-11-8-9-4-1-2-5-10(9)13;4*1-2(3)4;2*1-2;;;/h2*1-2,4-5,11-13H,3,6-8H2;2*2-4H,1H3;2*1H3,(H,3,4);2*2H,1H3;;;.